The quantitative estimate of drug-likeness (QED) is 0.210. The molecule has 6 nitrogen and oxygen atoms in total. The average molecular weight is 491 g/mol. The van der Waals surface area contributed by atoms with Gasteiger partial charge >= 0.3 is 0 Å². The second-order valence-corrected chi connectivity index (χ2v) is 9.84. The average Bonchev–Trinajstić information content (AvgIpc) is 3.44. The first kappa shape index (κ1) is 26.1. The Morgan fingerprint density at radius 3 is 2.36 bits per heavy atom. The number of nitrogens with one attached hydrogen (secondary N) is 1. The fourth-order valence-electron chi connectivity index (χ4n) is 5.38. The zero-order chi connectivity index (χ0) is 25.5. The minimum absolute atomic E-state index is 0.292. The van der Waals surface area contributed by atoms with E-state index in [1.807, 2.05) is 18.2 Å². The Morgan fingerprint density at radius 2 is 1.58 bits per heavy atom. The molecule has 0 fully saturated rings. The number of hydrogen-bond acceptors (Lipinski definition) is 4. The maximum absolute atomic E-state index is 10.7. The molecule has 2 heterocycles. The van der Waals surface area contributed by atoms with Crippen molar-refractivity contribution in [2.75, 3.05) is 39.3 Å². The van der Waals surface area contributed by atoms with Gasteiger partial charge in [-0.25, -0.2) is 0 Å². The first-order chi connectivity index (χ1) is 17.5. The molecular formula is C30H42N4O2. The van der Waals surface area contributed by atoms with Crippen LogP contribution in [0.4, 0.5) is 0 Å². The zero-order valence-electron chi connectivity index (χ0n) is 22.1. The van der Waals surface area contributed by atoms with E-state index in [0.29, 0.717) is 11.5 Å². The zero-order valence-corrected chi connectivity index (χ0v) is 22.1. The highest BCUT2D eigenvalue weighted by atomic mass is 16.3. The number of benzene rings is 2. The van der Waals surface area contributed by atoms with E-state index in [1.54, 1.807) is 12.1 Å². The smallest absolute Gasteiger partial charge is 0.125 e. The molecule has 0 radical (unpaired) electrons. The van der Waals surface area contributed by atoms with Crippen molar-refractivity contribution in [2.24, 2.45) is 0 Å². The van der Waals surface area contributed by atoms with Crippen molar-refractivity contribution in [1.29, 1.82) is 0 Å². The summed E-state index contributed by atoms with van der Waals surface area (Å²) in [5.74, 6) is 0.677. The van der Waals surface area contributed by atoms with Crippen LogP contribution in [0.3, 0.4) is 0 Å². The second-order valence-electron chi connectivity index (χ2n) is 9.84. The number of nitrogens with zero attached hydrogens (tertiary/aromatic N) is 3. The van der Waals surface area contributed by atoms with Crippen molar-refractivity contribution >= 4 is 21.8 Å². The maximum Gasteiger partial charge on any atom is 0.125 e. The summed E-state index contributed by atoms with van der Waals surface area (Å²) in [6, 6.07) is 11.4. The topological polar surface area (TPSA) is 67.7 Å². The molecule has 0 amide bonds. The van der Waals surface area contributed by atoms with Gasteiger partial charge in [-0.1, -0.05) is 26.8 Å². The summed E-state index contributed by atoms with van der Waals surface area (Å²) in [4.78, 5) is 8.31. The molecular weight excluding hydrogens is 448 g/mol. The van der Waals surface area contributed by atoms with Crippen molar-refractivity contribution in [2.45, 2.75) is 53.0 Å². The molecule has 0 saturated carbocycles. The molecule has 0 bridgehead atoms. The SMILES string of the molecule is CCCN(CC)CCc1cn(CCN(CCC)CCc2c[nH]c3cc(O)ccc23)c2cccc(O)c12. The number of likely N-dealkylation sites (N-methyl/N-ethyl adjacent to an activating group) is 1. The van der Waals surface area contributed by atoms with Crippen molar-refractivity contribution in [3.63, 3.8) is 0 Å². The van der Waals surface area contributed by atoms with Crippen LogP contribution in [0.25, 0.3) is 21.8 Å². The van der Waals surface area contributed by atoms with Crippen LogP contribution in [0, 0.1) is 0 Å². The Bertz CT molecular complexity index is 1260. The molecule has 194 valence electrons. The molecule has 2 aromatic carbocycles. The molecule has 0 atom stereocenters. The molecule has 0 aliphatic heterocycles. The second kappa shape index (κ2) is 12.3. The molecule has 4 aromatic rings. The van der Waals surface area contributed by atoms with Crippen molar-refractivity contribution in [3.8, 4) is 11.5 Å². The van der Waals surface area contributed by atoms with Gasteiger partial charge in [0.2, 0.25) is 0 Å². The summed E-state index contributed by atoms with van der Waals surface area (Å²) in [7, 11) is 0. The lowest BCUT2D eigenvalue weighted by Crippen LogP contribution is -2.30. The molecule has 0 saturated heterocycles. The fourth-order valence-corrected chi connectivity index (χ4v) is 5.38. The van der Waals surface area contributed by atoms with Crippen LogP contribution < -0.4 is 0 Å². The summed E-state index contributed by atoms with van der Waals surface area (Å²) in [6.07, 6.45) is 8.53. The number of fused-ring (bicyclic) bond motifs is 2. The van der Waals surface area contributed by atoms with Gasteiger partial charge in [-0.15, -0.1) is 0 Å². The number of rotatable bonds is 14. The van der Waals surface area contributed by atoms with Crippen molar-refractivity contribution in [1.82, 2.24) is 19.4 Å². The van der Waals surface area contributed by atoms with Gasteiger partial charge in [0.05, 0.1) is 5.52 Å². The van der Waals surface area contributed by atoms with Crippen LogP contribution in [0.15, 0.2) is 48.8 Å². The fraction of sp³-hybridized carbons (Fsp3) is 0.467. The van der Waals surface area contributed by atoms with E-state index in [0.717, 1.165) is 87.9 Å². The normalized spacial score (nSPS) is 12.0. The third-order valence-corrected chi connectivity index (χ3v) is 7.29. The van der Waals surface area contributed by atoms with Gasteiger partial charge in [0, 0.05) is 60.9 Å². The molecule has 0 aliphatic rings. The number of phenols is 2. The lowest BCUT2D eigenvalue weighted by molar-refractivity contribution is 0.267. The van der Waals surface area contributed by atoms with Crippen LogP contribution in [-0.4, -0.2) is 68.8 Å². The number of aromatic hydroxyl groups is 2. The van der Waals surface area contributed by atoms with Gasteiger partial charge in [-0.05, 0) is 80.7 Å². The number of H-pyrrole nitrogens is 1. The Balaban J connectivity index is 1.45. The van der Waals surface area contributed by atoms with Gasteiger partial charge in [0.25, 0.3) is 0 Å². The van der Waals surface area contributed by atoms with E-state index in [1.165, 1.54) is 16.5 Å². The predicted octanol–water partition coefficient (Wildman–Crippen LogP) is 5.76. The van der Waals surface area contributed by atoms with E-state index < -0.39 is 0 Å². The summed E-state index contributed by atoms with van der Waals surface area (Å²) >= 11 is 0. The van der Waals surface area contributed by atoms with Gasteiger partial charge in [-0.3, -0.25) is 0 Å². The van der Waals surface area contributed by atoms with Crippen LogP contribution in [0.2, 0.25) is 0 Å². The number of aromatic amines is 1. The van der Waals surface area contributed by atoms with E-state index in [9.17, 15) is 10.2 Å². The molecule has 36 heavy (non-hydrogen) atoms. The molecule has 0 unspecified atom stereocenters. The van der Waals surface area contributed by atoms with Crippen LogP contribution in [0.1, 0.15) is 44.7 Å². The van der Waals surface area contributed by atoms with Crippen molar-refractivity contribution in [3.05, 3.63) is 59.9 Å². The van der Waals surface area contributed by atoms with E-state index in [2.05, 4.69) is 58.6 Å². The molecule has 2 aromatic heterocycles. The highest BCUT2D eigenvalue weighted by molar-refractivity contribution is 5.89. The van der Waals surface area contributed by atoms with E-state index in [-0.39, 0.29) is 0 Å². The molecule has 6 heteroatoms. The molecule has 0 spiro atoms. The van der Waals surface area contributed by atoms with Crippen LogP contribution >= 0.6 is 0 Å². The Labute approximate surface area is 215 Å². The van der Waals surface area contributed by atoms with E-state index in [4.69, 9.17) is 0 Å². The largest absolute Gasteiger partial charge is 0.508 e. The number of hydrogen-bond donors (Lipinski definition) is 3. The Hall–Kier alpha value is -2.96. The molecule has 0 aliphatic carbocycles. The third kappa shape index (κ3) is 6.05. The lowest BCUT2D eigenvalue weighted by Gasteiger charge is -2.22. The lowest BCUT2D eigenvalue weighted by atomic mass is 10.1. The highest BCUT2D eigenvalue weighted by Gasteiger charge is 2.15. The summed E-state index contributed by atoms with van der Waals surface area (Å²) in [6.45, 7) is 13.8. The van der Waals surface area contributed by atoms with Crippen LogP contribution in [-0.2, 0) is 19.4 Å². The third-order valence-electron chi connectivity index (χ3n) is 7.29. The Morgan fingerprint density at radius 1 is 0.833 bits per heavy atom. The molecule has 3 N–H and O–H groups in total. The van der Waals surface area contributed by atoms with Crippen molar-refractivity contribution < 1.29 is 10.2 Å². The van der Waals surface area contributed by atoms with Gasteiger partial charge in [0.1, 0.15) is 11.5 Å². The summed E-state index contributed by atoms with van der Waals surface area (Å²) < 4.78 is 2.33. The van der Waals surface area contributed by atoms with Gasteiger partial charge < -0.3 is 29.6 Å². The first-order valence-corrected chi connectivity index (χ1v) is 13.6. The molecule has 4 rings (SSSR count). The Kier molecular flexibility index (Phi) is 8.94. The highest BCUT2D eigenvalue weighted by Crippen LogP contribution is 2.30. The first-order valence-electron chi connectivity index (χ1n) is 13.6. The number of aromatic nitrogens is 2. The standard InChI is InChI=1S/C30H42N4O2/c1-4-14-32(6-3)16-13-24-22-34(28-8-7-9-29(36)30(24)28)19-18-33(15-5-2)17-12-23-21-31-27-20-25(35)10-11-26(23)27/h7-11,20-22,31,35-36H,4-6,12-19H2,1-3H3. The van der Waals surface area contributed by atoms with Gasteiger partial charge in [0.15, 0.2) is 0 Å². The predicted molar refractivity (Wildman–Crippen MR) is 150 cm³/mol. The maximum atomic E-state index is 10.7. The minimum Gasteiger partial charge on any atom is -0.508 e. The summed E-state index contributed by atoms with van der Waals surface area (Å²) in [5, 5.41) is 22.6. The minimum atomic E-state index is 0.292. The van der Waals surface area contributed by atoms with E-state index >= 15 is 0 Å². The summed E-state index contributed by atoms with van der Waals surface area (Å²) in [5.41, 5.74) is 4.63. The monoisotopic (exact) mass is 490 g/mol. The van der Waals surface area contributed by atoms with Gasteiger partial charge in [-0.2, -0.15) is 0 Å². The van der Waals surface area contributed by atoms with Crippen LogP contribution in [0.5, 0.6) is 11.5 Å². The number of phenolic OH excluding ortho intramolecular Hbond substituents is 2.